The Kier molecular flexibility index (Phi) is 13.5. The zero-order valence-electron chi connectivity index (χ0n) is 21.1. The fourth-order valence-corrected chi connectivity index (χ4v) is 4.67. The zero-order valence-corrected chi connectivity index (χ0v) is 23.4. The second-order valence-corrected chi connectivity index (χ2v) is 9.38. The standard InChI is InChI=1S/C26H45N5O.HI/c1-4-27-26(29(3)15-10-24-11-20-32-21-12-24)28-13-5-6-14-30-16-18-31(19-17-30)25-9-7-8-23(2)22-25;/h7-9,22,24H,4-6,10-21H2,1-3H3,(H,27,28);1H. The van der Waals surface area contributed by atoms with Gasteiger partial charge in [-0.15, -0.1) is 24.0 Å². The number of aliphatic imine (C=N–C) groups is 1. The van der Waals surface area contributed by atoms with Gasteiger partial charge in [0.2, 0.25) is 0 Å². The van der Waals surface area contributed by atoms with Gasteiger partial charge in [-0.1, -0.05) is 12.1 Å². The van der Waals surface area contributed by atoms with Crippen LogP contribution in [0.5, 0.6) is 0 Å². The largest absolute Gasteiger partial charge is 0.381 e. The van der Waals surface area contributed by atoms with Gasteiger partial charge in [-0.25, -0.2) is 0 Å². The maximum absolute atomic E-state index is 5.49. The average molecular weight is 572 g/mol. The van der Waals surface area contributed by atoms with Crippen molar-refractivity contribution in [2.75, 3.05) is 77.5 Å². The molecular weight excluding hydrogens is 525 g/mol. The predicted octanol–water partition coefficient (Wildman–Crippen LogP) is 4.23. The lowest BCUT2D eigenvalue weighted by Gasteiger charge is -2.36. The summed E-state index contributed by atoms with van der Waals surface area (Å²) in [5.41, 5.74) is 2.72. The molecule has 0 spiro atoms. The fourth-order valence-electron chi connectivity index (χ4n) is 4.67. The van der Waals surface area contributed by atoms with Crippen molar-refractivity contribution in [2.45, 2.75) is 46.0 Å². The molecule has 2 saturated heterocycles. The number of hydrogen-bond donors (Lipinski definition) is 1. The van der Waals surface area contributed by atoms with Crippen molar-refractivity contribution < 1.29 is 4.74 Å². The van der Waals surface area contributed by atoms with Crippen molar-refractivity contribution in [1.29, 1.82) is 0 Å². The Labute approximate surface area is 219 Å². The summed E-state index contributed by atoms with van der Waals surface area (Å²) < 4.78 is 5.49. The van der Waals surface area contributed by atoms with E-state index in [1.54, 1.807) is 0 Å². The lowest BCUT2D eigenvalue weighted by molar-refractivity contribution is 0.0625. The molecule has 7 heteroatoms. The molecule has 6 nitrogen and oxygen atoms in total. The van der Waals surface area contributed by atoms with Crippen LogP contribution in [0, 0.1) is 12.8 Å². The molecule has 0 radical (unpaired) electrons. The molecule has 1 aromatic rings. The van der Waals surface area contributed by atoms with Crippen molar-refractivity contribution in [2.24, 2.45) is 10.9 Å². The van der Waals surface area contributed by atoms with E-state index in [0.29, 0.717) is 0 Å². The van der Waals surface area contributed by atoms with Gasteiger partial charge in [0, 0.05) is 71.8 Å². The number of nitrogens with one attached hydrogen (secondary N) is 1. The summed E-state index contributed by atoms with van der Waals surface area (Å²) in [4.78, 5) is 12.3. The molecule has 1 N–H and O–H groups in total. The summed E-state index contributed by atoms with van der Waals surface area (Å²) in [5.74, 6) is 1.87. The summed E-state index contributed by atoms with van der Waals surface area (Å²) in [6, 6.07) is 8.88. The number of hydrogen-bond acceptors (Lipinski definition) is 4. The first-order valence-corrected chi connectivity index (χ1v) is 12.8. The molecule has 0 atom stereocenters. The molecule has 2 heterocycles. The van der Waals surface area contributed by atoms with Gasteiger partial charge in [-0.3, -0.25) is 9.89 Å². The number of anilines is 1. The highest BCUT2D eigenvalue weighted by molar-refractivity contribution is 14.0. The summed E-state index contributed by atoms with van der Waals surface area (Å²) in [7, 11) is 2.18. The average Bonchev–Trinajstić information content (AvgIpc) is 2.82. The van der Waals surface area contributed by atoms with Crippen LogP contribution in [0.3, 0.4) is 0 Å². The molecule has 0 aromatic heterocycles. The summed E-state index contributed by atoms with van der Waals surface area (Å²) in [6.45, 7) is 14.9. The first-order valence-electron chi connectivity index (χ1n) is 12.8. The first kappa shape index (κ1) is 28.2. The Morgan fingerprint density at radius 3 is 2.61 bits per heavy atom. The fraction of sp³-hybridized carbons (Fsp3) is 0.731. The maximum atomic E-state index is 5.49. The van der Waals surface area contributed by atoms with Crippen molar-refractivity contribution in [3.05, 3.63) is 29.8 Å². The molecule has 0 saturated carbocycles. The van der Waals surface area contributed by atoms with Crippen LogP contribution in [0.15, 0.2) is 29.3 Å². The monoisotopic (exact) mass is 571 g/mol. The van der Waals surface area contributed by atoms with E-state index in [1.165, 1.54) is 43.5 Å². The number of unbranched alkanes of at least 4 members (excludes halogenated alkanes) is 1. The third-order valence-electron chi connectivity index (χ3n) is 6.79. The van der Waals surface area contributed by atoms with Gasteiger partial charge in [-0.05, 0) is 76.1 Å². The zero-order chi connectivity index (χ0) is 22.6. The van der Waals surface area contributed by atoms with Crippen LogP contribution in [0.25, 0.3) is 0 Å². The first-order chi connectivity index (χ1) is 15.7. The van der Waals surface area contributed by atoms with Crippen LogP contribution < -0.4 is 10.2 Å². The van der Waals surface area contributed by atoms with E-state index in [-0.39, 0.29) is 24.0 Å². The van der Waals surface area contributed by atoms with Crippen LogP contribution in [-0.2, 0) is 4.74 Å². The quantitative estimate of drug-likeness (QED) is 0.197. The molecule has 188 valence electrons. The van der Waals surface area contributed by atoms with Crippen LogP contribution in [0.1, 0.15) is 44.6 Å². The van der Waals surface area contributed by atoms with Crippen LogP contribution in [0.4, 0.5) is 5.69 Å². The van der Waals surface area contributed by atoms with Crippen molar-refractivity contribution in [1.82, 2.24) is 15.1 Å². The number of halogens is 1. The smallest absolute Gasteiger partial charge is 0.193 e. The minimum absolute atomic E-state index is 0. The molecule has 2 aliphatic heterocycles. The number of nitrogens with zero attached hydrogens (tertiary/aromatic N) is 4. The van der Waals surface area contributed by atoms with Gasteiger partial charge in [0.05, 0.1) is 0 Å². The predicted molar refractivity (Wildman–Crippen MR) is 151 cm³/mol. The number of guanidine groups is 1. The molecule has 2 aliphatic rings. The van der Waals surface area contributed by atoms with E-state index in [9.17, 15) is 0 Å². The topological polar surface area (TPSA) is 43.3 Å². The molecule has 33 heavy (non-hydrogen) atoms. The van der Waals surface area contributed by atoms with E-state index in [1.807, 2.05) is 0 Å². The highest BCUT2D eigenvalue weighted by Gasteiger charge is 2.17. The van der Waals surface area contributed by atoms with Gasteiger partial charge in [-0.2, -0.15) is 0 Å². The SMILES string of the molecule is CCNC(=NCCCCN1CCN(c2cccc(C)c2)CC1)N(C)CCC1CCOCC1.I. The lowest BCUT2D eigenvalue weighted by Crippen LogP contribution is -2.46. The number of ether oxygens (including phenoxy) is 1. The normalized spacial score (nSPS) is 18.2. The lowest BCUT2D eigenvalue weighted by atomic mass is 9.96. The highest BCUT2D eigenvalue weighted by atomic mass is 127. The highest BCUT2D eigenvalue weighted by Crippen LogP contribution is 2.19. The molecule has 1 aromatic carbocycles. The van der Waals surface area contributed by atoms with Crippen LogP contribution in [-0.4, -0.2) is 88.4 Å². The minimum Gasteiger partial charge on any atom is -0.381 e. The second kappa shape index (κ2) is 15.8. The van der Waals surface area contributed by atoms with E-state index in [2.05, 4.69) is 65.2 Å². The summed E-state index contributed by atoms with van der Waals surface area (Å²) in [5, 5.41) is 3.47. The van der Waals surface area contributed by atoms with E-state index < -0.39 is 0 Å². The van der Waals surface area contributed by atoms with Crippen LogP contribution >= 0.6 is 24.0 Å². The molecule has 2 fully saturated rings. The van der Waals surface area contributed by atoms with Gasteiger partial charge < -0.3 is 19.9 Å². The second-order valence-electron chi connectivity index (χ2n) is 9.38. The Morgan fingerprint density at radius 2 is 1.91 bits per heavy atom. The maximum Gasteiger partial charge on any atom is 0.193 e. The van der Waals surface area contributed by atoms with E-state index >= 15 is 0 Å². The molecule has 0 aliphatic carbocycles. The van der Waals surface area contributed by atoms with Crippen molar-refractivity contribution in [3.63, 3.8) is 0 Å². The number of piperazine rings is 1. The van der Waals surface area contributed by atoms with E-state index in [0.717, 1.165) is 77.3 Å². The van der Waals surface area contributed by atoms with Gasteiger partial charge in [0.15, 0.2) is 5.96 Å². The van der Waals surface area contributed by atoms with Crippen molar-refractivity contribution >= 4 is 35.6 Å². The van der Waals surface area contributed by atoms with Crippen molar-refractivity contribution in [3.8, 4) is 0 Å². The van der Waals surface area contributed by atoms with Gasteiger partial charge >= 0.3 is 0 Å². The number of rotatable bonds is 10. The number of aryl methyl sites for hydroxylation is 1. The summed E-state index contributed by atoms with van der Waals surface area (Å²) >= 11 is 0. The Bertz CT molecular complexity index is 687. The Morgan fingerprint density at radius 1 is 1.15 bits per heavy atom. The molecular formula is C26H46IN5O. The molecule has 0 bridgehead atoms. The van der Waals surface area contributed by atoms with Gasteiger partial charge in [0.25, 0.3) is 0 Å². The van der Waals surface area contributed by atoms with E-state index in [4.69, 9.17) is 9.73 Å². The third kappa shape index (κ3) is 9.99. The minimum atomic E-state index is 0. The van der Waals surface area contributed by atoms with Crippen LogP contribution in [0.2, 0.25) is 0 Å². The molecule has 3 rings (SSSR count). The molecule has 0 unspecified atom stereocenters. The number of benzene rings is 1. The Hall–Kier alpha value is -1.06. The summed E-state index contributed by atoms with van der Waals surface area (Å²) in [6.07, 6.45) is 6.03. The third-order valence-corrected chi connectivity index (χ3v) is 6.79. The Balaban J connectivity index is 0.00000385. The van der Waals surface area contributed by atoms with Gasteiger partial charge in [0.1, 0.15) is 0 Å². The molecule has 0 amide bonds.